The van der Waals surface area contributed by atoms with E-state index in [0.717, 1.165) is 6.54 Å². The first-order chi connectivity index (χ1) is 6.27. The molecule has 0 aliphatic carbocycles. The van der Waals surface area contributed by atoms with E-state index in [1.807, 2.05) is 25.8 Å². The van der Waals surface area contributed by atoms with Crippen LogP contribution in [-0.4, -0.2) is 22.6 Å². The van der Waals surface area contributed by atoms with Crippen molar-refractivity contribution in [3.8, 4) is 0 Å². The molecule has 3 nitrogen and oxygen atoms in total. The maximum Gasteiger partial charge on any atom is 0.0946 e. The molecule has 2 unspecified atom stereocenters. The van der Waals surface area contributed by atoms with Crippen LogP contribution in [0.3, 0.4) is 0 Å². The van der Waals surface area contributed by atoms with Gasteiger partial charge >= 0.3 is 0 Å². The van der Waals surface area contributed by atoms with Crippen LogP contribution in [0.5, 0.6) is 0 Å². The second-order valence-corrected chi connectivity index (χ2v) is 3.54. The van der Waals surface area contributed by atoms with E-state index in [9.17, 15) is 0 Å². The Balaban J connectivity index is 2.49. The van der Waals surface area contributed by atoms with E-state index in [4.69, 9.17) is 0 Å². The van der Waals surface area contributed by atoms with E-state index in [1.165, 1.54) is 6.42 Å². The third-order valence-electron chi connectivity index (χ3n) is 2.67. The standard InChI is InChI=1S/C10H19N3/c1-4-9(2)10(11-3)7-13-6-5-12-8-13/h5-6,8-11H,4,7H2,1-3H3. The number of likely N-dealkylation sites (N-methyl/N-ethyl adjacent to an activating group) is 1. The van der Waals surface area contributed by atoms with Gasteiger partial charge in [-0.15, -0.1) is 0 Å². The highest BCUT2D eigenvalue weighted by atomic mass is 15.1. The molecule has 0 amide bonds. The van der Waals surface area contributed by atoms with E-state index < -0.39 is 0 Å². The molecule has 0 saturated heterocycles. The van der Waals surface area contributed by atoms with Gasteiger partial charge in [-0.2, -0.15) is 0 Å². The zero-order chi connectivity index (χ0) is 9.68. The third-order valence-corrected chi connectivity index (χ3v) is 2.67. The second kappa shape index (κ2) is 5.02. The van der Waals surface area contributed by atoms with Gasteiger partial charge in [0.15, 0.2) is 0 Å². The molecule has 1 rings (SSSR count). The van der Waals surface area contributed by atoms with Crippen molar-refractivity contribution in [3.63, 3.8) is 0 Å². The normalized spacial score (nSPS) is 15.6. The Kier molecular flexibility index (Phi) is 3.96. The number of nitrogens with one attached hydrogen (secondary N) is 1. The maximum absolute atomic E-state index is 4.03. The predicted octanol–water partition coefficient (Wildman–Crippen LogP) is 1.52. The van der Waals surface area contributed by atoms with Gasteiger partial charge in [0.05, 0.1) is 6.33 Å². The Hall–Kier alpha value is -0.830. The summed E-state index contributed by atoms with van der Waals surface area (Å²) in [5.74, 6) is 0.701. The zero-order valence-corrected chi connectivity index (χ0v) is 8.70. The summed E-state index contributed by atoms with van der Waals surface area (Å²) < 4.78 is 2.12. The van der Waals surface area contributed by atoms with Crippen molar-refractivity contribution in [2.24, 2.45) is 5.92 Å². The molecule has 0 aliphatic heterocycles. The van der Waals surface area contributed by atoms with Crippen molar-refractivity contribution in [3.05, 3.63) is 18.7 Å². The van der Waals surface area contributed by atoms with Crippen molar-refractivity contribution < 1.29 is 0 Å². The SMILES string of the molecule is CCC(C)C(Cn1ccnc1)NC. The lowest BCUT2D eigenvalue weighted by Crippen LogP contribution is -2.35. The van der Waals surface area contributed by atoms with Crippen LogP contribution in [0.15, 0.2) is 18.7 Å². The molecule has 13 heavy (non-hydrogen) atoms. The molecule has 1 N–H and O–H groups in total. The molecular weight excluding hydrogens is 162 g/mol. The fraction of sp³-hybridized carbons (Fsp3) is 0.700. The summed E-state index contributed by atoms with van der Waals surface area (Å²) in [5, 5.41) is 3.34. The highest BCUT2D eigenvalue weighted by Crippen LogP contribution is 2.09. The fourth-order valence-corrected chi connectivity index (χ4v) is 1.46. The molecule has 0 aromatic carbocycles. The van der Waals surface area contributed by atoms with E-state index >= 15 is 0 Å². The molecule has 0 fully saturated rings. The molecule has 0 saturated carbocycles. The molecule has 0 radical (unpaired) electrons. The summed E-state index contributed by atoms with van der Waals surface area (Å²) in [6, 6.07) is 0.541. The lowest BCUT2D eigenvalue weighted by Gasteiger charge is -2.22. The van der Waals surface area contributed by atoms with E-state index in [0.29, 0.717) is 12.0 Å². The van der Waals surface area contributed by atoms with Crippen LogP contribution in [0.25, 0.3) is 0 Å². The Labute approximate surface area is 80.2 Å². The first-order valence-corrected chi connectivity index (χ1v) is 4.91. The molecule has 2 atom stereocenters. The van der Waals surface area contributed by atoms with Crippen LogP contribution in [-0.2, 0) is 6.54 Å². The van der Waals surface area contributed by atoms with E-state index in [1.54, 1.807) is 0 Å². The Morgan fingerprint density at radius 1 is 1.54 bits per heavy atom. The maximum atomic E-state index is 4.03. The summed E-state index contributed by atoms with van der Waals surface area (Å²) >= 11 is 0. The van der Waals surface area contributed by atoms with Crippen LogP contribution >= 0.6 is 0 Å². The minimum atomic E-state index is 0.541. The lowest BCUT2D eigenvalue weighted by atomic mass is 9.99. The first-order valence-electron chi connectivity index (χ1n) is 4.91. The first kappa shape index (κ1) is 10.3. The van der Waals surface area contributed by atoms with Crippen molar-refractivity contribution >= 4 is 0 Å². The fourth-order valence-electron chi connectivity index (χ4n) is 1.46. The highest BCUT2D eigenvalue weighted by molar-refractivity contribution is 4.79. The topological polar surface area (TPSA) is 29.9 Å². The minimum Gasteiger partial charge on any atom is -0.336 e. The summed E-state index contributed by atoms with van der Waals surface area (Å²) in [6.45, 7) is 5.51. The zero-order valence-electron chi connectivity index (χ0n) is 8.70. The molecule has 3 heteroatoms. The molecule has 0 spiro atoms. The van der Waals surface area contributed by atoms with Gasteiger partial charge in [-0.25, -0.2) is 4.98 Å². The molecule has 74 valence electrons. The second-order valence-electron chi connectivity index (χ2n) is 3.54. The minimum absolute atomic E-state index is 0.541. The van der Waals surface area contributed by atoms with Gasteiger partial charge in [-0.3, -0.25) is 0 Å². The van der Waals surface area contributed by atoms with Gasteiger partial charge in [-0.1, -0.05) is 20.3 Å². The van der Waals surface area contributed by atoms with Crippen LogP contribution in [0.2, 0.25) is 0 Å². The summed E-state index contributed by atoms with van der Waals surface area (Å²) in [4.78, 5) is 4.03. The lowest BCUT2D eigenvalue weighted by molar-refractivity contribution is 0.348. The van der Waals surface area contributed by atoms with Crippen molar-refractivity contribution in [1.82, 2.24) is 14.9 Å². The van der Waals surface area contributed by atoms with E-state index in [2.05, 4.69) is 28.7 Å². The molecule has 1 aromatic heterocycles. The van der Waals surface area contributed by atoms with Gasteiger partial charge in [0, 0.05) is 25.0 Å². The molecule has 1 aromatic rings. The molecular formula is C10H19N3. The largest absolute Gasteiger partial charge is 0.336 e. The quantitative estimate of drug-likeness (QED) is 0.746. The van der Waals surface area contributed by atoms with Gasteiger partial charge in [0.25, 0.3) is 0 Å². The third kappa shape index (κ3) is 2.84. The van der Waals surface area contributed by atoms with Crippen molar-refractivity contribution in [2.75, 3.05) is 7.05 Å². The van der Waals surface area contributed by atoms with Crippen molar-refractivity contribution in [2.45, 2.75) is 32.9 Å². The number of hydrogen-bond donors (Lipinski definition) is 1. The molecule has 1 heterocycles. The number of aromatic nitrogens is 2. The van der Waals surface area contributed by atoms with E-state index in [-0.39, 0.29) is 0 Å². The number of nitrogens with zero attached hydrogens (tertiary/aromatic N) is 2. The molecule has 0 aliphatic rings. The molecule has 0 bridgehead atoms. The Bertz CT molecular complexity index is 218. The van der Waals surface area contributed by atoms with Crippen LogP contribution in [0, 0.1) is 5.92 Å². The summed E-state index contributed by atoms with van der Waals surface area (Å²) in [5.41, 5.74) is 0. The van der Waals surface area contributed by atoms with Crippen LogP contribution in [0.1, 0.15) is 20.3 Å². The average Bonchev–Trinajstić information content (AvgIpc) is 2.65. The monoisotopic (exact) mass is 181 g/mol. The highest BCUT2D eigenvalue weighted by Gasteiger charge is 2.13. The number of imidazole rings is 1. The van der Waals surface area contributed by atoms with Crippen molar-refractivity contribution in [1.29, 1.82) is 0 Å². The smallest absolute Gasteiger partial charge is 0.0946 e. The van der Waals surface area contributed by atoms with Crippen LogP contribution in [0.4, 0.5) is 0 Å². The number of rotatable bonds is 5. The Morgan fingerprint density at radius 3 is 2.77 bits per heavy atom. The van der Waals surface area contributed by atoms with Gasteiger partial charge in [0.2, 0.25) is 0 Å². The summed E-state index contributed by atoms with van der Waals surface area (Å²) in [6.07, 6.45) is 6.91. The predicted molar refractivity (Wildman–Crippen MR) is 54.5 cm³/mol. The summed E-state index contributed by atoms with van der Waals surface area (Å²) in [7, 11) is 2.02. The average molecular weight is 181 g/mol. The number of hydrogen-bond acceptors (Lipinski definition) is 2. The van der Waals surface area contributed by atoms with Gasteiger partial charge < -0.3 is 9.88 Å². The van der Waals surface area contributed by atoms with Crippen LogP contribution < -0.4 is 5.32 Å². The Morgan fingerprint density at radius 2 is 2.31 bits per heavy atom. The van der Waals surface area contributed by atoms with Gasteiger partial charge in [-0.05, 0) is 13.0 Å². The van der Waals surface area contributed by atoms with Gasteiger partial charge in [0.1, 0.15) is 0 Å².